The number of hydrogen-bond donors (Lipinski definition) is 1. The Morgan fingerprint density at radius 1 is 1.15 bits per heavy atom. The molecule has 0 radical (unpaired) electrons. The number of rotatable bonds is 5. The van der Waals surface area contributed by atoms with Crippen LogP contribution in [0.4, 0.5) is 0 Å². The predicted octanol–water partition coefficient (Wildman–Crippen LogP) is 4.68. The fourth-order valence-electron chi connectivity index (χ4n) is 1.66. The lowest BCUT2D eigenvalue weighted by Gasteiger charge is -2.14. The SMILES string of the molecule is CC(C)NCc1ccc(Cl)cc1Oc1cncc(Cl)c1. The van der Waals surface area contributed by atoms with Crippen LogP contribution in [0.2, 0.25) is 10.0 Å². The van der Waals surface area contributed by atoms with Gasteiger partial charge in [-0.05, 0) is 12.1 Å². The quantitative estimate of drug-likeness (QED) is 0.870. The van der Waals surface area contributed by atoms with Gasteiger partial charge in [-0.2, -0.15) is 0 Å². The summed E-state index contributed by atoms with van der Waals surface area (Å²) in [6.07, 6.45) is 3.18. The molecule has 0 aliphatic carbocycles. The van der Waals surface area contributed by atoms with E-state index in [2.05, 4.69) is 24.1 Å². The molecule has 0 fully saturated rings. The average molecular weight is 311 g/mol. The van der Waals surface area contributed by atoms with Crippen LogP contribution in [-0.2, 0) is 6.54 Å². The summed E-state index contributed by atoms with van der Waals surface area (Å²) in [5, 5.41) is 4.52. The van der Waals surface area contributed by atoms with Crippen molar-refractivity contribution < 1.29 is 4.74 Å². The van der Waals surface area contributed by atoms with Crippen LogP contribution in [0, 0.1) is 0 Å². The van der Waals surface area contributed by atoms with E-state index in [1.165, 1.54) is 0 Å². The number of nitrogens with one attached hydrogen (secondary N) is 1. The van der Waals surface area contributed by atoms with Gasteiger partial charge in [0.05, 0.1) is 11.2 Å². The zero-order valence-corrected chi connectivity index (χ0v) is 12.9. The summed E-state index contributed by atoms with van der Waals surface area (Å²) in [6.45, 7) is 4.90. The summed E-state index contributed by atoms with van der Waals surface area (Å²) in [5.74, 6) is 1.29. The molecule has 1 heterocycles. The van der Waals surface area contributed by atoms with E-state index in [0.717, 1.165) is 5.56 Å². The minimum Gasteiger partial charge on any atom is -0.455 e. The van der Waals surface area contributed by atoms with Gasteiger partial charge in [0.15, 0.2) is 0 Å². The lowest BCUT2D eigenvalue weighted by atomic mass is 10.2. The average Bonchev–Trinajstić information content (AvgIpc) is 2.37. The van der Waals surface area contributed by atoms with E-state index in [1.54, 1.807) is 24.5 Å². The molecule has 0 aliphatic rings. The van der Waals surface area contributed by atoms with Crippen LogP contribution in [0.1, 0.15) is 19.4 Å². The van der Waals surface area contributed by atoms with Crippen molar-refractivity contribution in [1.29, 1.82) is 0 Å². The Morgan fingerprint density at radius 3 is 2.65 bits per heavy atom. The minimum absolute atomic E-state index is 0.395. The Bertz CT molecular complexity index is 588. The predicted molar refractivity (Wildman–Crippen MR) is 82.7 cm³/mol. The van der Waals surface area contributed by atoms with E-state index in [1.807, 2.05) is 12.1 Å². The van der Waals surface area contributed by atoms with Gasteiger partial charge in [-0.3, -0.25) is 4.98 Å². The summed E-state index contributed by atoms with van der Waals surface area (Å²) >= 11 is 11.9. The molecule has 3 nitrogen and oxygen atoms in total. The normalized spacial score (nSPS) is 10.8. The zero-order valence-electron chi connectivity index (χ0n) is 11.4. The first-order chi connectivity index (χ1) is 9.54. The molecule has 0 amide bonds. The summed E-state index contributed by atoms with van der Waals surface area (Å²) in [6, 6.07) is 7.70. The highest BCUT2D eigenvalue weighted by atomic mass is 35.5. The standard InChI is InChI=1S/C15H16Cl2N2O/c1-10(2)19-7-11-3-4-12(16)6-15(11)20-14-5-13(17)8-18-9-14/h3-6,8-10,19H,7H2,1-2H3. The highest BCUT2D eigenvalue weighted by Crippen LogP contribution is 2.29. The molecule has 0 saturated heterocycles. The minimum atomic E-state index is 0.395. The summed E-state index contributed by atoms with van der Waals surface area (Å²) in [5.41, 5.74) is 1.03. The smallest absolute Gasteiger partial charge is 0.147 e. The van der Waals surface area contributed by atoms with Crippen molar-refractivity contribution in [2.75, 3.05) is 0 Å². The molecule has 1 aromatic heterocycles. The summed E-state index contributed by atoms with van der Waals surface area (Å²) < 4.78 is 5.83. The maximum absolute atomic E-state index is 6.03. The number of benzene rings is 1. The van der Waals surface area contributed by atoms with Crippen LogP contribution < -0.4 is 10.1 Å². The van der Waals surface area contributed by atoms with E-state index >= 15 is 0 Å². The van der Waals surface area contributed by atoms with Gasteiger partial charge in [0.2, 0.25) is 0 Å². The second kappa shape index (κ2) is 6.93. The maximum Gasteiger partial charge on any atom is 0.147 e. The molecule has 0 unspecified atom stereocenters. The molecule has 0 bridgehead atoms. The fraction of sp³-hybridized carbons (Fsp3) is 0.267. The number of halogens is 2. The molecule has 20 heavy (non-hydrogen) atoms. The van der Waals surface area contributed by atoms with E-state index in [4.69, 9.17) is 27.9 Å². The number of hydrogen-bond acceptors (Lipinski definition) is 3. The van der Waals surface area contributed by atoms with Gasteiger partial charge in [0, 0.05) is 35.4 Å². The van der Waals surface area contributed by atoms with Crippen molar-refractivity contribution in [2.45, 2.75) is 26.4 Å². The number of nitrogens with zero attached hydrogens (tertiary/aromatic N) is 1. The lowest BCUT2D eigenvalue weighted by Crippen LogP contribution is -2.22. The molecule has 0 atom stereocenters. The summed E-state index contributed by atoms with van der Waals surface area (Å²) in [7, 11) is 0. The Hall–Kier alpha value is -1.29. The van der Waals surface area contributed by atoms with Gasteiger partial charge in [0.1, 0.15) is 11.5 Å². The van der Waals surface area contributed by atoms with Crippen LogP contribution in [0.25, 0.3) is 0 Å². The zero-order chi connectivity index (χ0) is 14.5. The van der Waals surface area contributed by atoms with Crippen molar-refractivity contribution in [2.24, 2.45) is 0 Å². The van der Waals surface area contributed by atoms with Crippen LogP contribution in [0.3, 0.4) is 0 Å². The van der Waals surface area contributed by atoms with Gasteiger partial charge in [-0.25, -0.2) is 0 Å². The number of aromatic nitrogens is 1. The van der Waals surface area contributed by atoms with Crippen molar-refractivity contribution in [3.63, 3.8) is 0 Å². The van der Waals surface area contributed by atoms with Crippen LogP contribution in [0.15, 0.2) is 36.7 Å². The van der Waals surface area contributed by atoms with Gasteiger partial charge in [0.25, 0.3) is 0 Å². The second-order valence-electron chi connectivity index (χ2n) is 4.73. The molecule has 0 spiro atoms. The first kappa shape index (κ1) is 15.1. The Balaban J connectivity index is 2.22. The molecule has 2 aromatic rings. The molecule has 0 aliphatic heterocycles. The molecule has 1 aromatic carbocycles. The van der Waals surface area contributed by atoms with Crippen LogP contribution in [0.5, 0.6) is 11.5 Å². The Kier molecular flexibility index (Phi) is 5.24. The van der Waals surface area contributed by atoms with E-state index in [0.29, 0.717) is 34.1 Å². The van der Waals surface area contributed by atoms with E-state index in [9.17, 15) is 0 Å². The van der Waals surface area contributed by atoms with Gasteiger partial charge in [-0.1, -0.05) is 43.1 Å². The van der Waals surface area contributed by atoms with Crippen molar-refractivity contribution in [3.05, 3.63) is 52.3 Å². The third-order valence-electron chi connectivity index (χ3n) is 2.64. The molecule has 5 heteroatoms. The van der Waals surface area contributed by atoms with Crippen molar-refractivity contribution >= 4 is 23.2 Å². The monoisotopic (exact) mass is 310 g/mol. The first-order valence-corrected chi connectivity index (χ1v) is 7.10. The van der Waals surface area contributed by atoms with Crippen molar-refractivity contribution in [1.82, 2.24) is 10.3 Å². The molecular weight excluding hydrogens is 295 g/mol. The van der Waals surface area contributed by atoms with Gasteiger partial charge < -0.3 is 10.1 Å². The highest BCUT2D eigenvalue weighted by molar-refractivity contribution is 6.31. The number of pyridine rings is 1. The van der Waals surface area contributed by atoms with Crippen molar-refractivity contribution in [3.8, 4) is 11.5 Å². The van der Waals surface area contributed by atoms with E-state index < -0.39 is 0 Å². The first-order valence-electron chi connectivity index (χ1n) is 6.35. The fourth-order valence-corrected chi connectivity index (χ4v) is 1.98. The highest BCUT2D eigenvalue weighted by Gasteiger charge is 2.07. The second-order valence-corrected chi connectivity index (χ2v) is 5.60. The van der Waals surface area contributed by atoms with Crippen LogP contribution >= 0.6 is 23.2 Å². The van der Waals surface area contributed by atoms with E-state index in [-0.39, 0.29) is 0 Å². The molecule has 0 saturated carbocycles. The molecule has 1 N–H and O–H groups in total. The summed E-state index contributed by atoms with van der Waals surface area (Å²) in [4.78, 5) is 4.00. The molecule has 106 valence electrons. The third-order valence-corrected chi connectivity index (χ3v) is 3.08. The molecular formula is C15H16Cl2N2O. The van der Waals surface area contributed by atoms with Crippen LogP contribution in [-0.4, -0.2) is 11.0 Å². The number of ether oxygens (including phenoxy) is 1. The maximum atomic E-state index is 6.03. The molecule has 2 rings (SSSR count). The van der Waals surface area contributed by atoms with Gasteiger partial charge in [-0.15, -0.1) is 0 Å². The Morgan fingerprint density at radius 2 is 1.95 bits per heavy atom. The lowest BCUT2D eigenvalue weighted by molar-refractivity contribution is 0.467. The Labute approximate surface area is 128 Å². The topological polar surface area (TPSA) is 34.1 Å². The van der Waals surface area contributed by atoms with Gasteiger partial charge >= 0.3 is 0 Å². The largest absolute Gasteiger partial charge is 0.455 e. The third kappa shape index (κ3) is 4.37.